The van der Waals surface area contributed by atoms with Gasteiger partial charge in [-0.25, -0.2) is 4.57 Å². The molecule has 0 aliphatic carbocycles. The summed E-state index contributed by atoms with van der Waals surface area (Å²) in [6, 6.07) is 0. The van der Waals surface area contributed by atoms with Gasteiger partial charge < -0.3 is 19.3 Å². The monoisotopic (exact) mass is 616 g/mol. The van der Waals surface area contributed by atoms with Gasteiger partial charge in [-0.3, -0.25) is 14.1 Å². The molecule has 0 aromatic heterocycles. The summed E-state index contributed by atoms with van der Waals surface area (Å²) in [4.78, 5) is 42.3. The number of hydrogen-bond donors (Lipinski definition) is 2. The molecule has 1 atom stereocenters. The van der Waals surface area contributed by atoms with E-state index < -0.39 is 32.5 Å². The third kappa shape index (κ3) is 31.5. The first kappa shape index (κ1) is 40.5. The fraction of sp³-hybridized carbons (Fsp3) is 0.818. The maximum atomic E-state index is 12.3. The first-order valence-corrected chi connectivity index (χ1v) is 18.2. The van der Waals surface area contributed by atoms with Crippen molar-refractivity contribution in [2.24, 2.45) is 0 Å². The Morgan fingerprint density at radius 3 is 1.62 bits per heavy atom. The van der Waals surface area contributed by atoms with Crippen molar-refractivity contribution < 1.29 is 37.9 Å². The molecule has 0 radical (unpaired) electrons. The molecule has 246 valence electrons. The molecule has 0 bridgehead atoms. The highest BCUT2D eigenvalue weighted by molar-refractivity contribution is 7.46. The zero-order valence-corrected chi connectivity index (χ0v) is 27.5. The fourth-order valence-electron chi connectivity index (χ4n) is 4.46. The van der Waals surface area contributed by atoms with E-state index in [9.17, 15) is 14.2 Å². The van der Waals surface area contributed by atoms with Crippen molar-refractivity contribution >= 4 is 19.8 Å². The van der Waals surface area contributed by atoms with Gasteiger partial charge in [0.15, 0.2) is 6.10 Å². The van der Waals surface area contributed by atoms with Crippen molar-refractivity contribution in [3.05, 3.63) is 24.3 Å². The van der Waals surface area contributed by atoms with Gasteiger partial charge in [0, 0.05) is 12.8 Å². The Kier molecular flexibility index (Phi) is 28.6. The highest BCUT2D eigenvalue weighted by Gasteiger charge is 2.22. The lowest BCUT2D eigenvalue weighted by Gasteiger charge is -2.18. The molecule has 1 unspecified atom stereocenters. The smallest absolute Gasteiger partial charge is 0.462 e. The van der Waals surface area contributed by atoms with E-state index in [0.29, 0.717) is 6.42 Å². The van der Waals surface area contributed by atoms with Crippen molar-refractivity contribution in [2.75, 3.05) is 13.2 Å². The second kappa shape index (κ2) is 29.6. The second-order valence-electron chi connectivity index (χ2n) is 11.1. The van der Waals surface area contributed by atoms with Gasteiger partial charge in [-0.15, -0.1) is 0 Å². The van der Waals surface area contributed by atoms with Crippen LogP contribution in [0, 0.1) is 0 Å². The number of esters is 2. The van der Waals surface area contributed by atoms with Crippen molar-refractivity contribution in [3.63, 3.8) is 0 Å². The first-order valence-electron chi connectivity index (χ1n) is 16.6. The molecule has 0 amide bonds. The summed E-state index contributed by atoms with van der Waals surface area (Å²) >= 11 is 0. The van der Waals surface area contributed by atoms with Gasteiger partial charge in [0.1, 0.15) is 6.61 Å². The van der Waals surface area contributed by atoms with Crippen molar-refractivity contribution in [1.29, 1.82) is 0 Å². The molecule has 2 N–H and O–H groups in total. The fourth-order valence-corrected chi connectivity index (χ4v) is 4.82. The molecule has 0 aromatic rings. The lowest BCUT2D eigenvalue weighted by Crippen LogP contribution is -2.29. The molecule has 0 rings (SSSR count). The average molecular weight is 617 g/mol. The van der Waals surface area contributed by atoms with Gasteiger partial charge in [0.2, 0.25) is 0 Å². The zero-order chi connectivity index (χ0) is 31.2. The van der Waals surface area contributed by atoms with E-state index in [2.05, 4.69) is 42.7 Å². The zero-order valence-electron chi connectivity index (χ0n) is 26.6. The van der Waals surface area contributed by atoms with E-state index in [4.69, 9.17) is 19.3 Å². The maximum Gasteiger partial charge on any atom is 0.469 e. The van der Waals surface area contributed by atoms with Crippen molar-refractivity contribution in [1.82, 2.24) is 0 Å². The minimum Gasteiger partial charge on any atom is -0.462 e. The van der Waals surface area contributed by atoms with Crippen LogP contribution in [-0.4, -0.2) is 41.0 Å². The lowest BCUT2D eigenvalue weighted by molar-refractivity contribution is -0.161. The van der Waals surface area contributed by atoms with Crippen LogP contribution in [0.3, 0.4) is 0 Å². The largest absolute Gasteiger partial charge is 0.469 e. The summed E-state index contributed by atoms with van der Waals surface area (Å²) < 4.78 is 26.1. The summed E-state index contributed by atoms with van der Waals surface area (Å²) in [5, 5.41) is 0. The highest BCUT2D eigenvalue weighted by Crippen LogP contribution is 2.35. The quantitative estimate of drug-likeness (QED) is 0.0355. The number of hydrogen-bond acceptors (Lipinski definition) is 6. The van der Waals surface area contributed by atoms with Crippen LogP contribution in [0.4, 0.5) is 0 Å². The number of carbonyl (C=O) groups is 2. The average Bonchev–Trinajstić information content (AvgIpc) is 2.95. The van der Waals surface area contributed by atoms with E-state index in [1.54, 1.807) is 0 Å². The highest BCUT2D eigenvalue weighted by atomic mass is 31.2. The van der Waals surface area contributed by atoms with E-state index >= 15 is 0 Å². The van der Waals surface area contributed by atoms with E-state index in [0.717, 1.165) is 57.8 Å². The summed E-state index contributed by atoms with van der Waals surface area (Å²) in [6.45, 7) is 3.58. The molecule has 42 heavy (non-hydrogen) atoms. The van der Waals surface area contributed by atoms with Crippen LogP contribution < -0.4 is 0 Å². The molecule has 9 heteroatoms. The van der Waals surface area contributed by atoms with Crippen LogP contribution in [0.25, 0.3) is 0 Å². The predicted molar refractivity (Wildman–Crippen MR) is 170 cm³/mol. The van der Waals surface area contributed by atoms with Gasteiger partial charge in [-0.1, -0.05) is 122 Å². The standard InChI is InChI=1S/C33H61O8P/c1-3-5-7-9-11-12-13-14-15-16-17-18-19-20-22-24-26-28-33(35)41-31(30-40-42(36,37)38)29-39-32(34)27-25-23-21-10-8-6-4-2/h11-12,14-15,31H,3-10,13,16-30H2,1-2H3,(H2,36,37,38)/b12-11-,15-14-. The molecular formula is C33H61O8P. The first-order chi connectivity index (χ1) is 20.3. The van der Waals surface area contributed by atoms with Crippen LogP contribution in [-0.2, 0) is 28.2 Å². The lowest BCUT2D eigenvalue weighted by atomic mass is 10.1. The SMILES string of the molecule is CCCCC/C=C\C/C=C\CCCCCCCCCC(=O)OC(COC(=O)CCCCCCCCC)COP(=O)(O)O. The molecule has 0 saturated carbocycles. The number of rotatable bonds is 30. The Morgan fingerprint density at radius 2 is 1.07 bits per heavy atom. The van der Waals surface area contributed by atoms with E-state index in [1.165, 1.54) is 64.2 Å². The summed E-state index contributed by atoms with van der Waals surface area (Å²) in [6.07, 6.45) is 30.6. The van der Waals surface area contributed by atoms with Gasteiger partial charge in [0.25, 0.3) is 0 Å². The Hall–Kier alpha value is -1.47. The molecule has 0 aliphatic heterocycles. The molecule has 0 aliphatic rings. The predicted octanol–water partition coefficient (Wildman–Crippen LogP) is 9.29. The molecule has 0 heterocycles. The van der Waals surface area contributed by atoms with Gasteiger partial charge in [-0.05, 0) is 44.9 Å². The topological polar surface area (TPSA) is 119 Å². The van der Waals surface area contributed by atoms with Crippen molar-refractivity contribution in [3.8, 4) is 0 Å². The molecule has 0 saturated heterocycles. The number of phosphoric ester groups is 1. The number of phosphoric acid groups is 1. The number of allylic oxidation sites excluding steroid dienone is 4. The number of unbranched alkanes of at least 4 members (excludes halogenated alkanes) is 16. The minimum atomic E-state index is -4.74. The summed E-state index contributed by atoms with van der Waals surface area (Å²) in [5.74, 6) is -0.901. The third-order valence-electron chi connectivity index (χ3n) is 6.97. The summed E-state index contributed by atoms with van der Waals surface area (Å²) in [5.41, 5.74) is 0. The van der Waals surface area contributed by atoms with Crippen LogP contribution in [0.2, 0.25) is 0 Å². The van der Waals surface area contributed by atoms with E-state index in [1.807, 2.05) is 0 Å². The number of carbonyl (C=O) groups excluding carboxylic acids is 2. The van der Waals surface area contributed by atoms with Gasteiger partial charge in [-0.2, -0.15) is 0 Å². The normalized spacial score (nSPS) is 12.8. The van der Waals surface area contributed by atoms with E-state index in [-0.39, 0.29) is 19.4 Å². The molecule has 0 aromatic carbocycles. The van der Waals surface area contributed by atoms with Gasteiger partial charge >= 0.3 is 19.8 Å². The Balaban J connectivity index is 3.97. The van der Waals surface area contributed by atoms with Crippen LogP contribution in [0.1, 0.15) is 155 Å². The second-order valence-corrected chi connectivity index (χ2v) is 12.4. The Labute approximate surface area is 256 Å². The molecule has 0 spiro atoms. The molecule has 8 nitrogen and oxygen atoms in total. The Bertz CT molecular complexity index is 746. The Morgan fingerprint density at radius 1 is 0.619 bits per heavy atom. The van der Waals surface area contributed by atoms with Crippen LogP contribution >= 0.6 is 7.82 Å². The van der Waals surface area contributed by atoms with Crippen molar-refractivity contribution in [2.45, 2.75) is 161 Å². The molecule has 0 fully saturated rings. The van der Waals surface area contributed by atoms with Crippen LogP contribution in [0.15, 0.2) is 24.3 Å². The molecular weight excluding hydrogens is 555 g/mol. The van der Waals surface area contributed by atoms with Crippen LogP contribution in [0.5, 0.6) is 0 Å². The maximum absolute atomic E-state index is 12.3. The minimum absolute atomic E-state index is 0.205. The third-order valence-corrected chi connectivity index (χ3v) is 7.46. The number of ether oxygens (including phenoxy) is 2. The van der Waals surface area contributed by atoms with Gasteiger partial charge in [0.05, 0.1) is 6.61 Å². The summed E-state index contributed by atoms with van der Waals surface area (Å²) in [7, 11) is -4.74.